The molecule has 0 amide bonds. The number of sulfone groups is 1. The number of carbonyl (C=O) groups is 1. The van der Waals surface area contributed by atoms with Crippen LogP contribution in [0.25, 0.3) is 4.91 Å². The molecule has 1 aliphatic carbocycles. The van der Waals surface area contributed by atoms with Gasteiger partial charge in [-0.2, -0.15) is 0 Å². The number of carboxylic acid groups (broad SMARTS) is 1. The van der Waals surface area contributed by atoms with Crippen molar-refractivity contribution in [2.24, 2.45) is 0 Å². The molecule has 3 rings (SSSR count). The fourth-order valence-electron chi connectivity index (χ4n) is 3.33. The molecule has 1 N–H and O–H groups in total. The third-order valence-electron chi connectivity index (χ3n) is 5.03. The van der Waals surface area contributed by atoms with Crippen LogP contribution >= 0.6 is 0 Å². The molecule has 0 atom stereocenters. The summed E-state index contributed by atoms with van der Waals surface area (Å²) in [7, 11) is -3.31. The van der Waals surface area contributed by atoms with Crippen molar-refractivity contribution in [3.8, 4) is 11.8 Å². The predicted molar refractivity (Wildman–Crippen MR) is 111 cm³/mol. The van der Waals surface area contributed by atoms with Gasteiger partial charge in [0.25, 0.3) is 0 Å². The van der Waals surface area contributed by atoms with E-state index in [-0.39, 0.29) is 16.7 Å². The maximum Gasteiger partial charge on any atom is 0.336 e. The van der Waals surface area contributed by atoms with Gasteiger partial charge >= 0.3 is 5.97 Å². The number of hydrogen-bond acceptors (Lipinski definition) is 3. The number of rotatable bonds is 3. The largest absolute Gasteiger partial charge is 0.478 e. The molecule has 0 radical (unpaired) electrons. The molecular weight excluding hydrogens is 372 g/mol. The first kappa shape index (κ1) is 19.9. The van der Waals surface area contributed by atoms with E-state index < -0.39 is 15.8 Å². The number of aromatic carboxylic acids is 1. The molecule has 0 aliphatic heterocycles. The summed E-state index contributed by atoms with van der Waals surface area (Å²) in [6, 6.07) is 12.1. The lowest BCUT2D eigenvalue weighted by Gasteiger charge is -2.32. The van der Waals surface area contributed by atoms with Gasteiger partial charge in [-0.25, -0.2) is 13.2 Å². The minimum atomic E-state index is -3.31. The van der Waals surface area contributed by atoms with Crippen molar-refractivity contribution in [3.05, 3.63) is 76.4 Å². The first-order valence-corrected chi connectivity index (χ1v) is 10.7. The van der Waals surface area contributed by atoms with Crippen LogP contribution in [0.15, 0.2) is 48.5 Å². The van der Waals surface area contributed by atoms with Crippen LogP contribution in [-0.4, -0.2) is 25.2 Å². The van der Waals surface area contributed by atoms with Crippen molar-refractivity contribution < 1.29 is 18.3 Å². The highest BCUT2D eigenvalue weighted by molar-refractivity contribution is 8.00. The molecule has 4 nitrogen and oxygen atoms in total. The van der Waals surface area contributed by atoms with Crippen LogP contribution in [0.3, 0.4) is 0 Å². The van der Waals surface area contributed by atoms with Gasteiger partial charge in [-0.3, -0.25) is 0 Å². The number of benzene rings is 2. The Bertz CT molecular complexity index is 1140. The third kappa shape index (κ3) is 3.74. The van der Waals surface area contributed by atoms with Crippen LogP contribution in [-0.2, 0) is 15.3 Å². The maximum atomic E-state index is 12.5. The Morgan fingerprint density at radius 2 is 1.86 bits per heavy atom. The summed E-state index contributed by atoms with van der Waals surface area (Å²) < 4.78 is 24.9. The average molecular weight is 394 g/mol. The van der Waals surface area contributed by atoms with E-state index in [0.29, 0.717) is 16.9 Å². The van der Waals surface area contributed by atoms with E-state index in [1.54, 1.807) is 31.2 Å². The highest BCUT2D eigenvalue weighted by Gasteiger charge is 2.32. The van der Waals surface area contributed by atoms with Crippen LogP contribution < -0.4 is 0 Å². The second kappa shape index (κ2) is 7.29. The molecule has 0 bridgehead atoms. The molecule has 2 aromatic rings. The number of hydrogen-bond donors (Lipinski definition) is 1. The van der Waals surface area contributed by atoms with Crippen LogP contribution in [0.5, 0.6) is 0 Å². The second-order valence-corrected chi connectivity index (χ2v) is 9.67. The van der Waals surface area contributed by atoms with Crippen LogP contribution in [0, 0.1) is 11.8 Å². The summed E-state index contributed by atoms with van der Waals surface area (Å²) in [4.78, 5) is 11.7. The Morgan fingerprint density at radius 1 is 1.14 bits per heavy atom. The summed E-state index contributed by atoms with van der Waals surface area (Å²) >= 11 is 0. The summed E-state index contributed by atoms with van der Waals surface area (Å²) in [6.07, 6.45) is 2.45. The van der Waals surface area contributed by atoms with Crippen molar-refractivity contribution >= 4 is 20.7 Å². The van der Waals surface area contributed by atoms with Gasteiger partial charge in [0.15, 0.2) is 9.84 Å². The van der Waals surface area contributed by atoms with E-state index in [2.05, 4.69) is 25.7 Å². The summed E-state index contributed by atoms with van der Waals surface area (Å²) in [6.45, 7) is 5.80. The Hall–Kier alpha value is -2.84. The number of carboxylic acids is 1. The molecule has 0 aromatic heterocycles. The van der Waals surface area contributed by atoms with E-state index in [9.17, 15) is 18.3 Å². The van der Waals surface area contributed by atoms with Gasteiger partial charge in [-0.15, -0.1) is 0 Å². The zero-order valence-electron chi connectivity index (χ0n) is 16.1. The smallest absolute Gasteiger partial charge is 0.336 e. The van der Waals surface area contributed by atoms with Crippen molar-refractivity contribution in [1.82, 2.24) is 0 Å². The standard InChI is InChI=1S/C23H22O4S/c1-4-28(26,27)21-13-14-23(2,3)20-15-16(10-12-19(20)21)9-11-17-7-5-6-8-18(17)22(24)25/h5-8,10,12-13,15H,4,14H2,1-3H3,(H,24,25). The molecule has 0 fully saturated rings. The zero-order valence-corrected chi connectivity index (χ0v) is 16.9. The molecule has 0 heterocycles. The number of fused-ring (bicyclic) bond motifs is 1. The first-order valence-electron chi connectivity index (χ1n) is 9.08. The van der Waals surface area contributed by atoms with Crippen molar-refractivity contribution in [2.45, 2.75) is 32.6 Å². The molecular formula is C23H22O4S. The SMILES string of the molecule is CCS(=O)(=O)C1=CCC(C)(C)c2cc(C#Cc3ccccc3C(=O)O)ccc21. The normalized spacial score (nSPS) is 15.0. The monoisotopic (exact) mass is 394 g/mol. The zero-order chi connectivity index (χ0) is 20.5. The Morgan fingerprint density at radius 3 is 2.54 bits per heavy atom. The third-order valence-corrected chi connectivity index (χ3v) is 6.84. The lowest BCUT2D eigenvalue weighted by Crippen LogP contribution is -2.24. The van der Waals surface area contributed by atoms with Gasteiger partial charge in [0, 0.05) is 11.1 Å². The minimum absolute atomic E-state index is 0.0617. The Labute approximate surface area is 165 Å². The van der Waals surface area contributed by atoms with Gasteiger partial charge in [0.2, 0.25) is 0 Å². The Kier molecular flexibility index (Phi) is 5.18. The molecule has 0 saturated carbocycles. The van der Waals surface area contributed by atoms with Crippen molar-refractivity contribution in [3.63, 3.8) is 0 Å². The molecule has 0 unspecified atom stereocenters. The number of allylic oxidation sites excluding steroid dienone is 1. The molecule has 144 valence electrons. The van der Waals surface area contributed by atoms with Crippen LogP contribution in [0.1, 0.15) is 59.8 Å². The molecule has 0 saturated heterocycles. The fraction of sp³-hybridized carbons (Fsp3) is 0.261. The highest BCUT2D eigenvalue weighted by Crippen LogP contribution is 2.41. The fourth-order valence-corrected chi connectivity index (χ4v) is 4.49. The molecule has 2 aromatic carbocycles. The first-order chi connectivity index (χ1) is 13.2. The second-order valence-electron chi connectivity index (χ2n) is 7.42. The van der Waals surface area contributed by atoms with E-state index in [1.165, 1.54) is 6.07 Å². The van der Waals surface area contributed by atoms with Crippen molar-refractivity contribution in [1.29, 1.82) is 0 Å². The lowest BCUT2D eigenvalue weighted by atomic mass is 9.75. The molecule has 28 heavy (non-hydrogen) atoms. The molecule has 0 spiro atoms. The average Bonchev–Trinajstić information content (AvgIpc) is 2.66. The summed E-state index contributed by atoms with van der Waals surface area (Å²) in [5.74, 6) is 5.01. The van der Waals surface area contributed by atoms with Crippen LogP contribution in [0.4, 0.5) is 0 Å². The van der Waals surface area contributed by atoms with Gasteiger partial charge in [-0.05, 0) is 47.2 Å². The van der Waals surface area contributed by atoms with Gasteiger partial charge in [0.1, 0.15) is 0 Å². The predicted octanol–water partition coefficient (Wildman–Crippen LogP) is 4.24. The van der Waals surface area contributed by atoms with E-state index in [0.717, 1.165) is 16.7 Å². The Balaban J connectivity index is 2.08. The maximum absolute atomic E-state index is 12.5. The lowest BCUT2D eigenvalue weighted by molar-refractivity contribution is 0.0696. The van der Waals surface area contributed by atoms with Crippen LogP contribution in [0.2, 0.25) is 0 Å². The summed E-state index contributed by atoms with van der Waals surface area (Å²) in [5, 5.41) is 9.29. The minimum Gasteiger partial charge on any atom is -0.478 e. The molecule has 5 heteroatoms. The van der Waals surface area contributed by atoms with Crippen molar-refractivity contribution in [2.75, 3.05) is 5.75 Å². The quantitative estimate of drug-likeness (QED) is 0.791. The van der Waals surface area contributed by atoms with Gasteiger partial charge in [0.05, 0.1) is 16.2 Å². The van der Waals surface area contributed by atoms with E-state index >= 15 is 0 Å². The van der Waals surface area contributed by atoms with Gasteiger partial charge in [-0.1, -0.05) is 56.9 Å². The van der Waals surface area contributed by atoms with E-state index in [1.807, 2.05) is 18.2 Å². The molecule has 1 aliphatic rings. The van der Waals surface area contributed by atoms with Gasteiger partial charge < -0.3 is 5.11 Å². The van der Waals surface area contributed by atoms with E-state index in [4.69, 9.17) is 0 Å². The summed E-state index contributed by atoms with van der Waals surface area (Å²) in [5.41, 5.74) is 2.80. The highest BCUT2D eigenvalue weighted by atomic mass is 32.2. The topological polar surface area (TPSA) is 71.4 Å².